The number of amides is 2. The minimum absolute atomic E-state index is 0.0137. The number of carbonyl (C=O) groups excluding carboxylic acids is 2. The lowest BCUT2D eigenvalue weighted by Crippen LogP contribution is -2.33. The second-order valence-corrected chi connectivity index (χ2v) is 4.75. The molecule has 0 atom stereocenters. The smallest absolute Gasteiger partial charge is 0.243 e. The van der Waals surface area contributed by atoms with E-state index >= 15 is 0 Å². The molecule has 116 valence electrons. The van der Waals surface area contributed by atoms with Gasteiger partial charge in [-0.25, -0.2) is 0 Å². The van der Waals surface area contributed by atoms with Crippen LogP contribution in [-0.2, 0) is 22.6 Å². The van der Waals surface area contributed by atoms with E-state index < -0.39 is 0 Å². The van der Waals surface area contributed by atoms with Crippen molar-refractivity contribution in [2.24, 2.45) is 0 Å². The van der Waals surface area contributed by atoms with Gasteiger partial charge in [-0.3, -0.25) is 9.59 Å². The molecule has 0 saturated carbocycles. The Bertz CT molecular complexity index is 576. The molecule has 0 aliphatic heterocycles. The van der Waals surface area contributed by atoms with Crippen molar-refractivity contribution in [3.8, 4) is 6.07 Å². The van der Waals surface area contributed by atoms with E-state index in [2.05, 4.69) is 18.0 Å². The number of carbonyl (C=O) groups is 2. The highest BCUT2D eigenvalue weighted by atomic mass is 16.2. The second kappa shape index (κ2) is 9.35. The van der Waals surface area contributed by atoms with Gasteiger partial charge in [0.15, 0.2) is 0 Å². The van der Waals surface area contributed by atoms with Gasteiger partial charge >= 0.3 is 0 Å². The molecular formula is C17H21N3O2. The lowest BCUT2D eigenvalue weighted by molar-refractivity contribution is -0.130. The van der Waals surface area contributed by atoms with Crippen LogP contribution in [0.3, 0.4) is 0 Å². The van der Waals surface area contributed by atoms with Crippen LogP contribution in [-0.4, -0.2) is 29.8 Å². The minimum atomic E-state index is -0.245. The van der Waals surface area contributed by atoms with Gasteiger partial charge in [0.25, 0.3) is 0 Å². The van der Waals surface area contributed by atoms with Crippen molar-refractivity contribution in [3.05, 3.63) is 48.0 Å². The van der Waals surface area contributed by atoms with Crippen LogP contribution in [0.2, 0.25) is 0 Å². The third-order valence-corrected chi connectivity index (χ3v) is 3.33. The van der Waals surface area contributed by atoms with Crippen LogP contribution >= 0.6 is 0 Å². The predicted molar refractivity (Wildman–Crippen MR) is 84.7 cm³/mol. The summed E-state index contributed by atoms with van der Waals surface area (Å²) in [5.74, 6) is -0.259. The highest BCUT2D eigenvalue weighted by Gasteiger charge is 2.14. The van der Waals surface area contributed by atoms with Crippen molar-refractivity contribution < 1.29 is 9.59 Å². The number of hydrogen-bond acceptors (Lipinski definition) is 3. The Labute approximate surface area is 131 Å². The fraction of sp³-hybridized carbons (Fsp3) is 0.353. The summed E-state index contributed by atoms with van der Waals surface area (Å²) >= 11 is 0. The minimum Gasteiger partial charge on any atom is -0.348 e. The molecule has 0 unspecified atom stereocenters. The van der Waals surface area contributed by atoms with Crippen molar-refractivity contribution in [1.82, 2.24) is 10.2 Å². The van der Waals surface area contributed by atoms with E-state index in [-0.39, 0.29) is 18.2 Å². The molecule has 1 rings (SSSR count). The largest absolute Gasteiger partial charge is 0.348 e. The summed E-state index contributed by atoms with van der Waals surface area (Å²) in [6, 6.07) is 9.56. The molecular weight excluding hydrogens is 278 g/mol. The van der Waals surface area contributed by atoms with Gasteiger partial charge in [-0.1, -0.05) is 30.8 Å². The van der Waals surface area contributed by atoms with Gasteiger partial charge in [-0.15, -0.1) is 0 Å². The lowest BCUT2D eigenvalue weighted by Gasteiger charge is -2.20. The van der Waals surface area contributed by atoms with Crippen LogP contribution < -0.4 is 5.32 Å². The van der Waals surface area contributed by atoms with Gasteiger partial charge in [0.05, 0.1) is 18.9 Å². The van der Waals surface area contributed by atoms with E-state index in [1.165, 1.54) is 6.08 Å². The highest BCUT2D eigenvalue weighted by molar-refractivity contribution is 5.86. The zero-order chi connectivity index (χ0) is 16.4. The van der Waals surface area contributed by atoms with E-state index in [1.807, 2.05) is 31.2 Å². The molecule has 0 aromatic heterocycles. The van der Waals surface area contributed by atoms with Gasteiger partial charge in [-0.2, -0.15) is 5.26 Å². The molecule has 5 heteroatoms. The summed E-state index contributed by atoms with van der Waals surface area (Å²) in [4.78, 5) is 25.2. The summed E-state index contributed by atoms with van der Waals surface area (Å²) in [6.45, 7) is 6.69. The summed E-state index contributed by atoms with van der Waals surface area (Å²) in [5, 5.41) is 11.4. The van der Waals surface area contributed by atoms with Crippen LogP contribution in [0.25, 0.3) is 0 Å². The Morgan fingerprint density at radius 3 is 2.64 bits per heavy atom. The normalized spacial score (nSPS) is 9.64. The predicted octanol–water partition coefficient (Wildman–Crippen LogP) is 1.79. The van der Waals surface area contributed by atoms with Gasteiger partial charge in [0, 0.05) is 19.6 Å². The third-order valence-electron chi connectivity index (χ3n) is 3.33. The van der Waals surface area contributed by atoms with E-state index in [4.69, 9.17) is 5.26 Å². The average molecular weight is 299 g/mol. The topological polar surface area (TPSA) is 73.2 Å². The standard InChI is InChI=1S/C17H21N3O2/c1-3-16(21)19-13-15-9-6-5-8-14(15)12-17(22)20(4-2)11-7-10-18/h3,5-6,8-9H,1,4,7,11-13H2,2H3,(H,19,21). The maximum Gasteiger partial charge on any atom is 0.243 e. The molecule has 1 N–H and O–H groups in total. The lowest BCUT2D eigenvalue weighted by atomic mass is 10.0. The van der Waals surface area contributed by atoms with Gasteiger partial charge in [-0.05, 0) is 24.1 Å². The first-order valence-corrected chi connectivity index (χ1v) is 7.24. The molecule has 0 saturated heterocycles. The molecule has 0 aliphatic rings. The second-order valence-electron chi connectivity index (χ2n) is 4.75. The molecule has 0 radical (unpaired) electrons. The molecule has 0 heterocycles. The van der Waals surface area contributed by atoms with Crippen molar-refractivity contribution in [2.45, 2.75) is 26.3 Å². The Morgan fingerprint density at radius 1 is 1.36 bits per heavy atom. The first kappa shape index (κ1) is 17.4. The molecule has 5 nitrogen and oxygen atoms in total. The number of benzene rings is 1. The van der Waals surface area contributed by atoms with Crippen molar-refractivity contribution >= 4 is 11.8 Å². The van der Waals surface area contributed by atoms with E-state index in [0.29, 0.717) is 26.1 Å². The number of hydrogen-bond donors (Lipinski definition) is 1. The summed E-state index contributed by atoms with van der Waals surface area (Å²) < 4.78 is 0. The van der Waals surface area contributed by atoms with Crippen molar-refractivity contribution in [2.75, 3.05) is 13.1 Å². The SMILES string of the molecule is C=CC(=O)NCc1ccccc1CC(=O)N(CC)CCC#N. The highest BCUT2D eigenvalue weighted by Crippen LogP contribution is 2.11. The monoisotopic (exact) mass is 299 g/mol. The quantitative estimate of drug-likeness (QED) is 0.744. The van der Waals surface area contributed by atoms with Gasteiger partial charge in [0.1, 0.15) is 0 Å². The number of likely N-dealkylation sites (N-methyl/N-ethyl adjacent to an activating group) is 1. The van der Waals surface area contributed by atoms with Crippen LogP contribution in [0.5, 0.6) is 0 Å². The Hall–Kier alpha value is -2.61. The van der Waals surface area contributed by atoms with Crippen molar-refractivity contribution in [1.29, 1.82) is 5.26 Å². The number of nitrogens with one attached hydrogen (secondary N) is 1. The van der Waals surface area contributed by atoms with Crippen LogP contribution in [0.15, 0.2) is 36.9 Å². The maximum atomic E-state index is 12.3. The first-order valence-electron chi connectivity index (χ1n) is 7.24. The van der Waals surface area contributed by atoms with E-state index in [1.54, 1.807) is 4.90 Å². The molecule has 0 aliphatic carbocycles. The molecule has 0 fully saturated rings. The van der Waals surface area contributed by atoms with E-state index in [0.717, 1.165) is 11.1 Å². The average Bonchev–Trinajstić information content (AvgIpc) is 2.54. The van der Waals surface area contributed by atoms with Gasteiger partial charge < -0.3 is 10.2 Å². The fourth-order valence-electron chi connectivity index (χ4n) is 2.08. The zero-order valence-electron chi connectivity index (χ0n) is 12.8. The van der Waals surface area contributed by atoms with Gasteiger partial charge in [0.2, 0.25) is 11.8 Å². The Kier molecular flexibility index (Phi) is 7.41. The third kappa shape index (κ3) is 5.41. The number of rotatable bonds is 8. The van der Waals surface area contributed by atoms with Crippen molar-refractivity contribution in [3.63, 3.8) is 0 Å². The zero-order valence-corrected chi connectivity index (χ0v) is 12.8. The Balaban J connectivity index is 2.75. The maximum absolute atomic E-state index is 12.3. The summed E-state index contributed by atoms with van der Waals surface area (Å²) in [6.07, 6.45) is 1.81. The molecule has 1 aromatic carbocycles. The van der Waals surface area contributed by atoms with Crippen LogP contribution in [0.4, 0.5) is 0 Å². The Morgan fingerprint density at radius 2 is 2.05 bits per heavy atom. The summed E-state index contributed by atoms with van der Waals surface area (Å²) in [7, 11) is 0. The van der Waals surface area contributed by atoms with E-state index in [9.17, 15) is 9.59 Å². The van der Waals surface area contributed by atoms with Crippen LogP contribution in [0.1, 0.15) is 24.5 Å². The van der Waals surface area contributed by atoms with Crippen LogP contribution in [0, 0.1) is 11.3 Å². The first-order chi connectivity index (χ1) is 10.6. The number of nitriles is 1. The molecule has 0 bridgehead atoms. The molecule has 2 amide bonds. The fourth-order valence-corrected chi connectivity index (χ4v) is 2.08. The molecule has 1 aromatic rings. The number of nitrogens with zero attached hydrogens (tertiary/aromatic N) is 2. The summed E-state index contributed by atoms with van der Waals surface area (Å²) in [5.41, 5.74) is 1.79. The molecule has 0 spiro atoms. The molecule has 22 heavy (non-hydrogen) atoms.